The van der Waals surface area contributed by atoms with Crippen LogP contribution in [0.15, 0.2) is 29.1 Å². The molecule has 0 amide bonds. The van der Waals surface area contributed by atoms with E-state index in [0.29, 0.717) is 11.5 Å². The molecule has 2 N–H and O–H groups in total. The van der Waals surface area contributed by atoms with Gasteiger partial charge in [0.15, 0.2) is 5.82 Å². The topological polar surface area (TPSA) is 56.7 Å². The maximum Gasteiger partial charge on any atom is 0.176 e. The lowest BCUT2D eigenvalue weighted by Gasteiger charge is -2.04. The van der Waals surface area contributed by atoms with E-state index >= 15 is 0 Å². The number of aromatic nitrogens is 3. The Morgan fingerprint density at radius 3 is 2.79 bits per heavy atom. The lowest BCUT2D eigenvalue weighted by Crippen LogP contribution is -2.03. The summed E-state index contributed by atoms with van der Waals surface area (Å²) in [5.74, 6) is 0.654. The lowest BCUT2D eigenvalue weighted by molar-refractivity contribution is 0.848. The van der Waals surface area contributed by atoms with Crippen LogP contribution in [-0.2, 0) is 0 Å². The van der Waals surface area contributed by atoms with Crippen LogP contribution in [0.2, 0.25) is 0 Å². The van der Waals surface area contributed by atoms with Crippen molar-refractivity contribution in [3.8, 4) is 5.82 Å². The second kappa shape index (κ2) is 3.42. The molecule has 0 atom stereocenters. The fourth-order valence-corrected chi connectivity index (χ4v) is 1.48. The van der Waals surface area contributed by atoms with Gasteiger partial charge in [0.25, 0.3) is 0 Å². The van der Waals surface area contributed by atoms with Crippen molar-refractivity contribution in [2.45, 2.75) is 6.92 Å². The molecule has 14 heavy (non-hydrogen) atoms. The van der Waals surface area contributed by atoms with Crippen LogP contribution >= 0.6 is 15.9 Å². The van der Waals surface area contributed by atoms with Crippen molar-refractivity contribution in [2.24, 2.45) is 0 Å². The Labute approximate surface area is 89.9 Å². The summed E-state index contributed by atoms with van der Waals surface area (Å²) in [7, 11) is 0. The zero-order chi connectivity index (χ0) is 10.1. The van der Waals surface area contributed by atoms with Gasteiger partial charge in [-0.05, 0) is 34.5 Å². The number of rotatable bonds is 1. The largest absolute Gasteiger partial charge is 0.396 e. The smallest absolute Gasteiger partial charge is 0.176 e. The van der Waals surface area contributed by atoms with Crippen molar-refractivity contribution < 1.29 is 0 Å². The Morgan fingerprint density at radius 1 is 1.43 bits per heavy atom. The summed E-state index contributed by atoms with van der Waals surface area (Å²) in [6.07, 6.45) is 5.27. The van der Waals surface area contributed by atoms with Crippen LogP contribution in [0.3, 0.4) is 0 Å². The predicted octanol–water partition coefficient (Wildman–Crippen LogP) is 1.92. The maximum absolute atomic E-state index is 5.82. The zero-order valence-corrected chi connectivity index (χ0v) is 9.19. The average Bonchev–Trinajstić information content (AvgIpc) is 2.51. The Kier molecular flexibility index (Phi) is 2.25. The zero-order valence-electron chi connectivity index (χ0n) is 7.61. The third kappa shape index (κ3) is 1.63. The molecular weight excluding hydrogens is 244 g/mol. The number of pyridine rings is 1. The first-order chi connectivity index (χ1) is 6.66. The van der Waals surface area contributed by atoms with Gasteiger partial charge in [-0.2, -0.15) is 5.10 Å². The van der Waals surface area contributed by atoms with E-state index in [0.717, 1.165) is 10.0 Å². The van der Waals surface area contributed by atoms with Gasteiger partial charge in [0.2, 0.25) is 0 Å². The van der Waals surface area contributed by atoms with E-state index in [9.17, 15) is 0 Å². The molecule has 2 rings (SSSR count). The quantitative estimate of drug-likeness (QED) is 0.844. The van der Waals surface area contributed by atoms with Gasteiger partial charge in [-0.3, -0.25) is 0 Å². The van der Waals surface area contributed by atoms with Crippen LogP contribution in [0.5, 0.6) is 0 Å². The fraction of sp³-hybridized carbons (Fsp3) is 0.111. The molecule has 0 spiro atoms. The number of hydrogen-bond acceptors (Lipinski definition) is 3. The van der Waals surface area contributed by atoms with Crippen molar-refractivity contribution >= 4 is 21.6 Å². The monoisotopic (exact) mass is 252 g/mol. The molecule has 0 saturated heterocycles. The normalized spacial score (nSPS) is 10.4. The highest BCUT2D eigenvalue weighted by Gasteiger charge is 2.04. The molecule has 0 aliphatic rings. The molecule has 0 fully saturated rings. The number of nitrogens with zero attached hydrogens (tertiary/aromatic N) is 3. The Hall–Kier alpha value is -1.36. The minimum atomic E-state index is 0.626. The van der Waals surface area contributed by atoms with E-state index in [-0.39, 0.29) is 0 Å². The first kappa shape index (κ1) is 9.21. The summed E-state index contributed by atoms with van der Waals surface area (Å²) >= 11 is 3.32. The second-order valence-electron chi connectivity index (χ2n) is 3.03. The van der Waals surface area contributed by atoms with E-state index in [1.165, 1.54) is 0 Å². The second-order valence-corrected chi connectivity index (χ2v) is 3.94. The van der Waals surface area contributed by atoms with Crippen molar-refractivity contribution in [2.75, 3.05) is 5.73 Å². The highest BCUT2D eigenvalue weighted by atomic mass is 79.9. The van der Waals surface area contributed by atoms with E-state index < -0.39 is 0 Å². The summed E-state index contributed by atoms with van der Waals surface area (Å²) in [4.78, 5) is 4.22. The first-order valence-corrected chi connectivity index (χ1v) is 4.89. The molecule has 0 aliphatic carbocycles. The number of hydrogen-bond donors (Lipinski definition) is 1. The number of aryl methyl sites for hydroxylation is 1. The van der Waals surface area contributed by atoms with Crippen LogP contribution in [0, 0.1) is 6.92 Å². The fourth-order valence-electron chi connectivity index (χ4n) is 1.19. The van der Waals surface area contributed by atoms with Gasteiger partial charge < -0.3 is 5.73 Å². The minimum absolute atomic E-state index is 0.626. The van der Waals surface area contributed by atoms with Crippen molar-refractivity contribution in [1.82, 2.24) is 14.8 Å². The maximum atomic E-state index is 5.82. The van der Waals surface area contributed by atoms with Crippen LogP contribution < -0.4 is 5.73 Å². The number of nitrogens with two attached hydrogens (primary N) is 1. The van der Waals surface area contributed by atoms with Crippen molar-refractivity contribution in [1.29, 1.82) is 0 Å². The highest BCUT2D eigenvalue weighted by molar-refractivity contribution is 9.10. The van der Waals surface area contributed by atoms with E-state index in [1.54, 1.807) is 17.1 Å². The van der Waals surface area contributed by atoms with E-state index in [4.69, 9.17) is 5.73 Å². The molecule has 0 saturated carbocycles. The van der Waals surface area contributed by atoms with Gasteiger partial charge in [-0.25, -0.2) is 9.67 Å². The van der Waals surface area contributed by atoms with Gasteiger partial charge in [0, 0.05) is 12.4 Å². The third-order valence-electron chi connectivity index (χ3n) is 1.80. The number of nitrogen functional groups attached to an aromatic ring is 1. The summed E-state index contributed by atoms with van der Waals surface area (Å²) < 4.78 is 2.54. The first-order valence-electron chi connectivity index (χ1n) is 4.09. The van der Waals surface area contributed by atoms with Gasteiger partial charge in [0.05, 0.1) is 16.4 Å². The minimum Gasteiger partial charge on any atom is -0.396 e. The van der Waals surface area contributed by atoms with E-state index in [1.807, 2.05) is 19.2 Å². The van der Waals surface area contributed by atoms with Gasteiger partial charge in [0.1, 0.15) is 0 Å². The van der Waals surface area contributed by atoms with Crippen LogP contribution in [0.4, 0.5) is 5.69 Å². The molecule has 0 aromatic carbocycles. The molecule has 0 radical (unpaired) electrons. The molecular formula is C9H9BrN4. The molecule has 0 aliphatic heterocycles. The average molecular weight is 253 g/mol. The third-order valence-corrected chi connectivity index (χ3v) is 2.21. The summed E-state index contributed by atoms with van der Waals surface area (Å²) in [5, 5.41) is 4.10. The van der Waals surface area contributed by atoms with Gasteiger partial charge in [-0.1, -0.05) is 0 Å². The van der Waals surface area contributed by atoms with Crippen molar-refractivity contribution in [3.05, 3.63) is 34.7 Å². The van der Waals surface area contributed by atoms with E-state index in [2.05, 4.69) is 26.0 Å². The summed E-state index contributed by atoms with van der Waals surface area (Å²) in [5.41, 5.74) is 7.49. The van der Waals surface area contributed by atoms with Gasteiger partial charge in [-0.15, -0.1) is 0 Å². The van der Waals surface area contributed by atoms with Crippen LogP contribution in [0.25, 0.3) is 5.82 Å². The number of halogens is 1. The Bertz CT molecular complexity index is 464. The number of anilines is 1. The van der Waals surface area contributed by atoms with Crippen LogP contribution in [0.1, 0.15) is 5.56 Å². The van der Waals surface area contributed by atoms with Crippen molar-refractivity contribution in [3.63, 3.8) is 0 Å². The highest BCUT2D eigenvalue weighted by Crippen LogP contribution is 2.16. The Morgan fingerprint density at radius 2 is 2.21 bits per heavy atom. The molecule has 2 aromatic heterocycles. The lowest BCUT2D eigenvalue weighted by atomic mass is 10.3. The standard InChI is InChI=1S/C9H9BrN4/c1-6-2-8(11)9(12-3-6)14-5-7(10)4-13-14/h2-5H,11H2,1H3. The molecule has 0 unspecified atom stereocenters. The van der Waals surface area contributed by atoms with Crippen LogP contribution in [-0.4, -0.2) is 14.8 Å². The molecule has 72 valence electrons. The molecule has 0 bridgehead atoms. The molecule has 2 aromatic rings. The predicted molar refractivity (Wildman–Crippen MR) is 58.2 cm³/mol. The SMILES string of the molecule is Cc1cnc(-n2cc(Br)cn2)c(N)c1. The Balaban J connectivity index is 2.52. The summed E-state index contributed by atoms with van der Waals surface area (Å²) in [6.45, 7) is 1.95. The molecule has 5 heteroatoms. The molecule has 2 heterocycles. The summed E-state index contributed by atoms with van der Waals surface area (Å²) in [6, 6.07) is 1.87. The molecule has 4 nitrogen and oxygen atoms in total. The van der Waals surface area contributed by atoms with Gasteiger partial charge >= 0.3 is 0 Å².